The molecule has 0 saturated carbocycles. The molecule has 0 spiro atoms. The number of anilines is 1. The van der Waals surface area contributed by atoms with Crippen LogP contribution in [0.2, 0.25) is 0 Å². The maximum absolute atomic E-state index is 12.2. The average molecular weight is 322 g/mol. The number of hydrogen-bond acceptors (Lipinski definition) is 4. The topological polar surface area (TPSA) is 70.7 Å². The number of hydrogen-bond donors (Lipinski definition) is 2. The second-order valence-electron chi connectivity index (χ2n) is 6.04. The molecule has 3 rings (SSSR count). The first-order valence-electron chi connectivity index (χ1n) is 8.15. The van der Waals surface area contributed by atoms with Crippen molar-refractivity contribution in [1.82, 2.24) is 4.90 Å². The van der Waals surface area contributed by atoms with Crippen LogP contribution in [0.15, 0.2) is 65.8 Å². The van der Waals surface area contributed by atoms with Crippen LogP contribution in [0.5, 0.6) is 0 Å². The summed E-state index contributed by atoms with van der Waals surface area (Å²) in [5.74, 6) is -0.352. The van der Waals surface area contributed by atoms with Crippen LogP contribution in [0.3, 0.4) is 0 Å². The van der Waals surface area contributed by atoms with Gasteiger partial charge < -0.3 is 5.73 Å². The third-order valence-electron chi connectivity index (χ3n) is 4.44. The highest BCUT2D eigenvalue weighted by molar-refractivity contribution is 6.02. The van der Waals surface area contributed by atoms with E-state index in [4.69, 9.17) is 5.73 Å². The summed E-state index contributed by atoms with van der Waals surface area (Å²) >= 11 is 0. The van der Waals surface area contributed by atoms with Gasteiger partial charge in [-0.1, -0.05) is 48.5 Å². The maximum atomic E-state index is 12.2. The summed E-state index contributed by atoms with van der Waals surface area (Å²) in [6.45, 7) is 1.51. The van der Waals surface area contributed by atoms with Gasteiger partial charge in [-0.3, -0.25) is 15.1 Å². The molecule has 0 aliphatic carbocycles. The van der Waals surface area contributed by atoms with Gasteiger partial charge in [-0.2, -0.15) is 5.10 Å². The van der Waals surface area contributed by atoms with E-state index in [0.717, 1.165) is 24.2 Å². The standard InChI is InChI=1S/C19H22N4O/c20-18(24)19(15-21-22-17-10-5-2-6-11-17)12-7-13-23(19)14-16-8-3-1-4-9-16/h1-6,8-11,15,22H,7,12-14H2,(H2,20,24). The molecule has 24 heavy (non-hydrogen) atoms. The normalized spacial score (nSPS) is 21.2. The molecule has 1 unspecified atom stereocenters. The van der Waals surface area contributed by atoms with E-state index in [1.54, 1.807) is 6.21 Å². The molecular formula is C19H22N4O. The zero-order valence-electron chi connectivity index (χ0n) is 13.6. The summed E-state index contributed by atoms with van der Waals surface area (Å²) < 4.78 is 0. The number of nitrogens with zero attached hydrogens (tertiary/aromatic N) is 2. The van der Waals surface area contributed by atoms with Gasteiger partial charge in [0.25, 0.3) is 0 Å². The van der Waals surface area contributed by atoms with Gasteiger partial charge in [0.05, 0.1) is 11.9 Å². The van der Waals surface area contributed by atoms with Crippen LogP contribution in [0, 0.1) is 0 Å². The van der Waals surface area contributed by atoms with Gasteiger partial charge in [0, 0.05) is 6.54 Å². The largest absolute Gasteiger partial charge is 0.368 e. The summed E-state index contributed by atoms with van der Waals surface area (Å²) in [7, 11) is 0. The molecule has 0 radical (unpaired) electrons. The van der Waals surface area contributed by atoms with Crippen molar-refractivity contribution in [2.45, 2.75) is 24.9 Å². The molecule has 1 amide bonds. The fraction of sp³-hybridized carbons (Fsp3) is 0.263. The predicted octanol–water partition coefficient (Wildman–Crippen LogP) is 2.60. The van der Waals surface area contributed by atoms with Crippen LogP contribution in [0.25, 0.3) is 0 Å². The lowest BCUT2D eigenvalue weighted by Gasteiger charge is -2.32. The van der Waals surface area contributed by atoms with Gasteiger partial charge in [0.1, 0.15) is 5.54 Å². The smallest absolute Gasteiger partial charge is 0.243 e. The Morgan fingerprint density at radius 3 is 2.50 bits per heavy atom. The Kier molecular flexibility index (Phi) is 4.91. The van der Waals surface area contributed by atoms with E-state index >= 15 is 0 Å². The quantitative estimate of drug-likeness (QED) is 0.634. The van der Waals surface area contributed by atoms with E-state index in [9.17, 15) is 4.79 Å². The number of carbonyl (C=O) groups excluding carboxylic acids is 1. The van der Waals surface area contributed by atoms with E-state index in [1.807, 2.05) is 48.5 Å². The van der Waals surface area contributed by atoms with Crippen molar-refractivity contribution in [3.8, 4) is 0 Å². The Morgan fingerprint density at radius 1 is 1.17 bits per heavy atom. The van der Waals surface area contributed by atoms with Crippen molar-refractivity contribution >= 4 is 17.8 Å². The van der Waals surface area contributed by atoms with Crippen LogP contribution >= 0.6 is 0 Å². The number of nitrogens with two attached hydrogens (primary N) is 1. The Hall–Kier alpha value is -2.66. The zero-order chi connectivity index (χ0) is 16.8. The van der Waals surface area contributed by atoms with E-state index < -0.39 is 5.54 Å². The Morgan fingerprint density at radius 2 is 1.83 bits per heavy atom. The minimum absolute atomic E-state index is 0.352. The molecule has 0 bridgehead atoms. The first kappa shape index (κ1) is 16.2. The van der Waals surface area contributed by atoms with Crippen molar-refractivity contribution in [1.29, 1.82) is 0 Å². The summed E-state index contributed by atoms with van der Waals surface area (Å²) in [5, 5.41) is 4.29. The number of nitrogens with one attached hydrogen (secondary N) is 1. The van der Waals surface area contributed by atoms with Gasteiger partial charge in [-0.05, 0) is 37.1 Å². The van der Waals surface area contributed by atoms with Crippen molar-refractivity contribution < 1.29 is 4.79 Å². The number of amides is 1. The molecule has 1 fully saturated rings. The molecule has 5 heteroatoms. The third kappa shape index (κ3) is 3.46. The molecule has 1 atom stereocenters. The summed E-state index contributed by atoms with van der Waals surface area (Å²) in [6.07, 6.45) is 3.28. The van der Waals surface area contributed by atoms with Crippen LogP contribution in [-0.2, 0) is 11.3 Å². The maximum Gasteiger partial charge on any atom is 0.243 e. The highest BCUT2D eigenvalue weighted by Crippen LogP contribution is 2.29. The lowest BCUT2D eigenvalue weighted by atomic mass is 9.96. The molecule has 5 nitrogen and oxygen atoms in total. The summed E-state index contributed by atoms with van der Waals surface area (Å²) in [6, 6.07) is 19.8. The molecule has 1 saturated heterocycles. The average Bonchev–Trinajstić information content (AvgIpc) is 3.01. The number of carbonyl (C=O) groups is 1. The first-order chi connectivity index (χ1) is 11.7. The van der Waals surface area contributed by atoms with Crippen molar-refractivity contribution in [2.75, 3.05) is 12.0 Å². The molecule has 1 aliphatic heterocycles. The van der Waals surface area contributed by atoms with Gasteiger partial charge in [-0.15, -0.1) is 0 Å². The minimum Gasteiger partial charge on any atom is -0.368 e. The Labute approximate surface area is 142 Å². The minimum atomic E-state index is -0.836. The Bertz CT molecular complexity index is 702. The number of benzene rings is 2. The Balaban J connectivity index is 1.77. The van der Waals surface area contributed by atoms with E-state index in [2.05, 4.69) is 27.6 Å². The lowest BCUT2D eigenvalue weighted by molar-refractivity contribution is -0.124. The zero-order valence-corrected chi connectivity index (χ0v) is 13.6. The molecular weight excluding hydrogens is 300 g/mol. The highest BCUT2D eigenvalue weighted by atomic mass is 16.1. The van der Waals surface area contributed by atoms with Crippen LogP contribution in [0.4, 0.5) is 5.69 Å². The highest BCUT2D eigenvalue weighted by Gasteiger charge is 2.45. The van der Waals surface area contributed by atoms with Crippen LogP contribution < -0.4 is 11.2 Å². The lowest BCUT2D eigenvalue weighted by Crippen LogP contribution is -2.55. The number of para-hydroxylation sites is 1. The van der Waals surface area contributed by atoms with Crippen molar-refractivity contribution in [2.24, 2.45) is 10.8 Å². The van der Waals surface area contributed by atoms with E-state index in [0.29, 0.717) is 13.0 Å². The number of likely N-dealkylation sites (tertiary alicyclic amines) is 1. The summed E-state index contributed by atoms with van der Waals surface area (Å²) in [5.41, 5.74) is 9.93. The molecule has 1 heterocycles. The van der Waals surface area contributed by atoms with E-state index in [1.165, 1.54) is 0 Å². The second kappa shape index (κ2) is 7.27. The fourth-order valence-electron chi connectivity index (χ4n) is 3.14. The molecule has 3 N–H and O–H groups in total. The molecule has 124 valence electrons. The summed E-state index contributed by atoms with van der Waals surface area (Å²) in [4.78, 5) is 14.3. The number of primary amides is 1. The van der Waals surface area contributed by atoms with Gasteiger partial charge >= 0.3 is 0 Å². The van der Waals surface area contributed by atoms with Crippen LogP contribution in [-0.4, -0.2) is 29.1 Å². The number of hydrazone groups is 1. The van der Waals surface area contributed by atoms with Crippen LogP contribution in [0.1, 0.15) is 18.4 Å². The SMILES string of the molecule is NC(=O)C1(C=NNc2ccccc2)CCCN1Cc1ccccc1. The van der Waals surface area contributed by atoms with Crippen molar-refractivity contribution in [3.63, 3.8) is 0 Å². The molecule has 2 aromatic rings. The first-order valence-corrected chi connectivity index (χ1v) is 8.15. The predicted molar refractivity (Wildman–Crippen MR) is 96.6 cm³/mol. The van der Waals surface area contributed by atoms with E-state index in [-0.39, 0.29) is 5.91 Å². The van der Waals surface area contributed by atoms with Gasteiger partial charge in [0.2, 0.25) is 5.91 Å². The van der Waals surface area contributed by atoms with Gasteiger partial charge in [0.15, 0.2) is 0 Å². The monoisotopic (exact) mass is 322 g/mol. The molecule has 1 aliphatic rings. The number of rotatable bonds is 6. The molecule has 0 aromatic heterocycles. The second-order valence-corrected chi connectivity index (χ2v) is 6.04. The molecule has 2 aromatic carbocycles. The fourth-order valence-corrected chi connectivity index (χ4v) is 3.14. The van der Waals surface area contributed by atoms with Crippen molar-refractivity contribution in [3.05, 3.63) is 66.2 Å². The van der Waals surface area contributed by atoms with Gasteiger partial charge in [-0.25, -0.2) is 0 Å². The third-order valence-corrected chi connectivity index (χ3v) is 4.44.